The third-order valence-corrected chi connectivity index (χ3v) is 6.72. The molecule has 4 fully saturated rings. The molecule has 3 N–H and O–H groups in total. The van der Waals surface area contributed by atoms with E-state index in [2.05, 4.69) is 31.0 Å². The van der Waals surface area contributed by atoms with Crippen LogP contribution in [0.1, 0.15) is 61.6 Å². The molecule has 4 aliphatic rings. The highest BCUT2D eigenvalue weighted by Crippen LogP contribution is 2.60. The second-order valence-electron chi connectivity index (χ2n) is 8.15. The van der Waals surface area contributed by atoms with Crippen LogP contribution in [0, 0.1) is 30.1 Å². The lowest BCUT2D eigenvalue weighted by Crippen LogP contribution is -2.67. The number of aliphatic hydroxyl groups is 1. The van der Waals surface area contributed by atoms with Crippen LogP contribution in [0.5, 0.6) is 0 Å². The maximum Gasteiger partial charge on any atom is 0.0753 e. The van der Waals surface area contributed by atoms with Gasteiger partial charge in [0, 0.05) is 11.1 Å². The number of rotatable bonds is 3. The minimum Gasteiger partial charge on any atom is -0.391 e. The first kappa shape index (κ1) is 15.2. The summed E-state index contributed by atoms with van der Waals surface area (Å²) in [6, 6.07) is 6.52. The van der Waals surface area contributed by atoms with Crippen molar-refractivity contribution in [3.63, 3.8) is 0 Å². The first-order valence-corrected chi connectivity index (χ1v) is 9.12. The summed E-state index contributed by atoms with van der Waals surface area (Å²) in [7, 11) is 0. The third-order valence-electron chi connectivity index (χ3n) is 6.72. The number of aliphatic hydroxyl groups excluding tert-OH is 1. The smallest absolute Gasteiger partial charge is 0.0753 e. The van der Waals surface area contributed by atoms with Crippen LogP contribution in [0.25, 0.3) is 0 Å². The van der Waals surface area contributed by atoms with Crippen LogP contribution >= 0.6 is 0 Å². The van der Waals surface area contributed by atoms with Gasteiger partial charge in [-0.25, -0.2) is 0 Å². The quantitative estimate of drug-likeness (QED) is 0.842. The number of hydrogen-bond acceptors (Lipinski definition) is 2. The van der Waals surface area contributed by atoms with E-state index in [9.17, 15) is 5.11 Å². The van der Waals surface area contributed by atoms with Gasteiger partial charge in [-0.2, -0.15) is 0 Å². The number of nitrogens with two attached hydrogens (primary N) is 1. The van der Waals surface area contributed by atoms with E-state index in [1.54, 1.807) is 0 Å². The Balaban J connectivity index is 1.77. The van der Waals surface area contributed by atoms with Gasteiger partial charge in [-0.3, -0.25) is 0 Å². The second-order valence-corrected chi connectivity index (χ2v) is 8.15. The number of hydrogen-bond donors (Lipinski definition) is 2. The molecule has 0 aromatic heterocycles. The van der Waals surface area contributed by atoms with Crippen LogP contribution < -0.4 is 5.73 Å². The summed E-state index contributed by atoms with van der Waals surface area (Å²) in [5.74, 6) is 4.94. The molecule has 0 heterocycles. The largest absolute Gasteiger partial charge is 0.391 e. The molecule has 6 atom stereocenters. The highest BCUT2D eigenvalue weighted by Gasteiger charge is 2.59. The zero-order valence-electron chi connectivity index (χ0n) is 14.0. The first-order valence-electron chi connectivity index (χ1n) is 9.12. The Bertz CT molecular complexity index is 660. The van der Waals surface area contributed by atoms with Crippen LogP contribution in [0.15, 0.2) is 18.2 Å². The molecular weight excluding hydrogens is 282 g/mol. The van der Waals surface area contributed by atoms with Crippen molar-refractivity contribution in [3.8, 4) is 12.3 Å². The van der Waals surface area contributed by atoms with Crippen LogP contribution in [0.2, 0.25) is 0 Å². The fraction of sp³-hybridized carbons (Fsp3) is 0.619. The van der Waals surface area contributed by atoms with Crippen molar-refractivity contribution in [3.05, 3.63) is 34.9 Å². The molecule has 23 heavy (non-hydrogen) atoms. The highest BCUT2D eigenvalue weighted by molar-refractivity contribution is 5.49. The van der Waals surface area contributed by atoms with E-state index in [0.29, 0.717) is 17.8 Å². The average Bonchev–Trinajstić information content (AvgIpc) is 2.52. The Morgan fingerprint density at radius 1 is 1.35 bits per heavy atom. The van der Waals surface area contributed by atoms with E-state index in [1.807, 2.05) is 0 Å². The van der Waals surface area contributed by atoms with E-state index in [0.717, 1.165) is 37.7 Å². The molecule has 0 aliphatic heterocycles. The molecule has 0 saturated heterocycles. The second kappa shape index (κ2) is 5.36. The summed E-state index contributed by atoms with van der Waals surface area (Å²) in [5.41, 5.74) is 9.90. The Hall–Kier alpha value is -1.30. The normalized spacial score (nSPS) is 41.0. The predicted molar refractivity (Wildman–Crippen MR) is 93.0 cm³/mol. The molecule has 122 valence electrons. The molecule has 2 nitrogen and oxygen atoms in total. The van der Waals surface area contributed by atoms with Gasteiger partial charge in [-0.1, -0.05) is 37.5 Å². The van der Waals surface area contributed by atoms with E-state index < -0.39 is 0 Å². The van der Waals surface area contributed by atoms with E-state index in [-0.39, 0.29) is 17.6 Å². The van der Waals surface area contributed by atoms with Gasteiger partial charge in [0.2, 0.25) is 0 Å². The van der Waals surface area contributed by atoms with Crippen molar-refractivity contribution in [1.29, 1.82) is 0 Å². The van der Waals surface area contributed by atoms with Gasteiger partial charge >= 0.3 is 0 Å². The summed E-state index contributed by atoms with van der Waals surface area (Å²) >= 11 is 0. The van der Waals surface area contributed by atoms with Crippen LogP contribution in [-0.2, 0) is 6.42 Å². The van der Waals surface area contributed by atoms with Crippen molar-refractivity contribution in [2.24, 2.45) is 23.5 Å². The average molecular weight is 309 g/mol. The van der Waals surface area contributed by atoms with Crippen molar-refractivity contribution in [2.75, 3.05) is 0 Å². The summed E-state index contributed by atoms with van der Waals surface area (Å²) in [4.78, 5) is 0. The molecule has 4 bridgehead atoms. The SMILES string of the molecule is C#Cc1c(CCC)cccc1C1C2CC3CC1C(O)C(N)(C3)C2. The fourth-order valence-electron chi connectivity index (χ4n) is 6.07. The summed E-state index contributed by atoms with van der Waals surface area (Å²) < 4.78 is 0. The van der Waals surface area contributed by atoms with Crippen molar-refractivity contribution >= 4 is 0 Å². The summed E-state index contributed by atoms with van der Waals surface area (Å²) in [5, 5.41) is 10.9. The molecule has 2 heteroatoms. The Morgan fingerprint density at radius 2 is 2.17 bits per heavy atom. The van der Waals surface area contributed by atoms with Gasteiger partial charge in [-0.15, -0.1) is 6.42 Å². The van der Waals surface area contributed by atoms with Gasteiger partial charge in [0.1, 0.15) is 0 Å². The molecule has 1 aromatic carbocycles. The van der Waals surface area contributed by atoms with Crippen molar-refractivity contribution in [2.45, 2.75) is 63.0 Å². The maximum absolute atomic E-state index is 10.9. The molecular formula is C21H27NO. The summed E-state index contributed by atoms with van der Waals surface area (Å²) in [6.45, 7) is 2.19. The fourth-order valence-corrected chi connectivity index (χ4v) is 6.07. The number of terminal acetylenes is 1. The Morgan fingerprint density at radius 3 is 2.91 bits per heavy atom. The number of benzene rings is 1. The molecule has 4 saturated carbocycles. The number of aryl methyl sites for hydroxylation is 1. The van der Waals surface area contributed by atoms with Gasteiger partial charge in [0.15, 0.2) is 0 Å². The minimum absolute atomic E-state index is 0.287. The molecule has 5 rings (SSSR count). The Labute approximate surface area is 139 Å². The molecule has 0 radical (unpaired) electrons. The molecule has 1 aromatic rings. The maximum atomic E-state index is 10.9. The minimum atomic E-state index is -0.374. The van der Waals surface area contributed by atoms with Gasteiger partial charge in [0.25, 0.3) is 0 Å². The molecule has 0 spiro atoms. The molecule has 0 amide bonds. The first-order chi connectivity index (χ1) is 11.1. The highest BCUT2D eigenvalue weighted by atomic mass is 16.3. The van der Waals surface area contributed by atoms with Crippen LogP contribution in [-0.4, -0.2) is 16.7 Å². The topological polar surface area (TPSA) is 46.2 Å². The molecule has 4 aliphatic carbocycles. The lowest BCUT2D eigenvalue weighted by molar-refractivity contribution is -0.121. The van der Waals surface area contributed by atoms with Crippen LogP contribution in [0.4, 0.5) is 0 Å². The lowest BCUT2D eigenvalue weighted by Gasteiger charge is -2.61. The van der Waals surface area contributed by atoms with Gasteiger partial charge < -0.3 is 10.8 Å². The van der Waals surface area contributed by atoms with Crippen LogP contribution in [0.3, 0.4) is 0 Å². The standard InChI is InChI=1S/C21H27NO/c1-3-6-14-7-5-8-17(16(14)4-2)19-15-9-13-10-18(19)20(23)21(22,11-13)12-15/h2,5,7-8,13,15,18-20,23H,3,6,9-12,22H2,1H3. The third kappa shape index (κ3) is 2.17. The van der Waals surface area contributed by atoms with Gasteiger partial charge in [0.05, 0.1) is 6.10 Å². The zero-order chi connectivity index (χ0) is 16.2. The monoisotopic (exact) mass is 309 g/mol. The summed E-state index contributed by atoms with van der Waals surface area (Å²) in [6.07, 6.45) is 12.0. The molecule has 6 unspecified atom stereocenters. The van der Waals surface area contributed by atoms with E-state index in [4.69, 9.17) is 12.2 Å². The van der Waals surface area contributed by atoms with Crippen molar-refractivity contribution in [1.82, 2.24) is 0 Å². The zero-order valence-corrected chi connectivity index (χ0v) is 14.0. The van der Waals surface area contributed by atoms with Gasteiger partial charge in [-0.05, 0) is 66.9 Å². The van der Waals surface area contributed by atoms with E-state index in [1.165, 1.54) is 17.5 Å². The van der Waals surface area contributed by atoms with E-state index >= 15 is 0 Å². The lowest BCUT2D eigenvalue weighted by atomic mass is 9.47. The Kier molecular flexibility index (Phi) is 3.55. The van der Waals surface area contributed by atoms with Crippen molar-refractivity contribution < 1.29 is 5.11 Å². The predicted octanol–water partition coefficient (Wildman–Crippen LogP) is 3.21.